The van der Waals surface area contributed by atoms with Crippen LogP contribution in [-0.2, 0) is 0 Å². The van der Waals surface area contributed by atoms with Gasteiger partial charge in [0.05, 0.1) is 0 Å². The molecule has 1 N–H and O–H groups in total. The molecule has 2 saturated heterocycles. The first-order chi connectivity index (χ1) is 8.78. The Morgan fingerprint density at radius 2 is 2.06 bits per heavy atom. The molecule has 0 aromatic carbocycles. The van der Waals surface area contributed by atoms with Gasteiger partial charge in [-0.15, -0.1) is 0 Å². The summed E-state index contributed by atoms with van der Waals surface area (Å²) in [5, 5.41) is 3.27. The SMILES string of the molecule is CCNc1ccnc(C2CC3CCC(C2)N3C)n1. The molecule has 0 saturated carbocycles. The summed E-state index contributed by atoms with van der Waals surface area (Å²) in [4.78, 5) is 11.7. The third-order valence-corrected chi connectivity index (χ3v) is 4.50. The van der Waals surface area contributed by atoms with Crippen LogP contribution < -0.4 is 5.32 Å². The summed E-state index contributed by atoms with van der Waals surface area (Å²) in [7, 11) is 2.27. The molecule has 3 rings (SSSR count). The second-order valence-corrected chi connectivity index (χ2v) is 5.55. The van der Waals surface area contributed by atoms with Crippen molar-refractivity contribution in [2.24, 2.45) is 0 Å². The van der Waals surface area contributed by atoms with Gasteiger partial charge in [0.1, 0.15) is 11.6 Å². The first-order valence-corrected chi connectivity index (χ1v) is 7.06. The van der Waals surface area contributed by atoms with E-state index in [0.717, 1.165) is 30.3 Å². The Labute approximate surface area is 109 Å². The Bertz CT molecular complexity index is 406. The van der Waals surface area contributed by atoms with Crippen LogP contribution in [0.3, 0.4) is 0 Å². The van der Waals surface area contributed by atoms with Gasteiger partial charge < -0.3 is 10.2 Å². The van der Waals surface area contributed by atoms with E-state index in [2.05, 4.69) is 34.2 Å². The third kappa shape index (κ3) is 2.09. The summed E-state index contributed by atoms with van der Waals surface area (Å²) in [6.07, 6.45) is 7.04. The smallest absolute Gasteiger partial charge is 0.133 e. The molecule has 98 valence electrons. The lowest BCUT2D eigenvalue weighted by atomic mass is 9.90. The number of nitrogens with one attached hydrogen (secondary N) is 1. The van der Waals surface area contributed by atoms with E-state index >= 15 is 0 Å². The molecule has 2 unspecified atom stereocenters. The van der Waals surface area contributed by atoms with E-state index in [9.17, 15) is 0 Å². The van der Waals surface area contributed by atoms with Gasteiger partial charge in [0.2, 0.25) is 0 Å². The Morgan fingerprint density at radius 1 is 1.33 bits per heavy atom. The predicted molar refractivity (Wildman–Crippen MR) is 72.7 cm³/mol. The van der Waals surface area contributed by atoms with Crippen LogP contribution in [0.15, 0.2) is 12.3 Å². The zero-order chi connectivity index (χ0) is 12.5. The Kier molecular flexibility index (Phi) is 3.20. The molecule has 3 heterocycles. The van der Waals surface area contributed by atoms with Crippen molar-refractivity contribution in [3.05, 3.63) is 18.1 Å². The number of hydrogen-bond acceptors (Lipinski definition) is 4. The minimum absolute atomic E-state index is 0.553. The van der Waals surface area contributed by atoms with E-state index in [4.69, 9.17) is 0 Å². The number of rotatable bonds is 3. The summed E-state index contributed by atoms with van der Waals surface area (Å²) in [6, 6.07) is 3.46. The van der Waals surface area contributed by atoms with Gasteiger partial charge in [0.25, 0.3) is 0 Å². The molecule has 18 heavy (non-hydrogen) atoms. The zero-order valence-electron chi connectivity index (χ0n) is 11.3. The van der Waals surface area contributed by atoms with Gasteiger partial charge in [-0.3, -0.25) is 0 Å². The van der Waals surface area contributed by atoms with Crippen LogP contribution in [0.4, 0.5) is 5.82 Å². The Morgan fingerprint density at radius 3 is 2.72 bits per heavy atom. The molecular weight excluding hydrogens is 224 g/mol. The van der Waals surface area contributed by atoms with Crippen molar-refractivity contribution in [2.75, 3.05) is 18.9 Å². The highest BCUT2D eigenvalue weighted by molar-refractivity contribution is 5.33. The third-order valence-electron chi connectivity index (χ3n) is 4.50. The van der Waals surface area contributed by atoms with Crippen LogP contribution in [-0.4, -0.2) is 40.5 Å². The van der Waals surface area contributed by atoms with Gasteiger partial charge in [-0.25, -0.2) is 9.97 Å². The lowest BCUT2D eigenvalue weighted by Crippen LogP contribution is -2.39. The van der Waals surface area contributed by atoms with Gasteiger partial charge in [-0.1, -0.05) is 0 Å². The molecule has 2 atom stereocenters. The fourth-order valence-corrected chi connectivity index (χ4v) is 3.47. The van der Waals surface area contributed by atoms with Crippen molar-refractivity contribution in [3.63, 3.8) is 0 Å². The fourth-order valence-electron chi connectivity index (χ4n) is 3.47. The molecule has 1 aromatic heterocycles. The summed E-state index contributed by atoms with van der Waals surface area (Å²) < 4.78 is 0. The second-order valence-electron chi connectivity index (χ2n) is 5.55. The van der Waals surface area contributed by atoms with Gasteiger partial charge in [0.15, 0.2) is 0 Å². The summed E-state index contributed by atoms with van der Waals surface area (Å²) in [5.41, 5.74) is 0. The van der Waals surface area contributed by atoms with Crippen molar-refractivity contribution in [1.29, 1.82) is 0 Å². The first kappa shape index (κ1) is 11.9. The highest BCUT2D eigenvalue weighted by Crippen LogP contribution is 2.41. The van der Waals surface area contributed by atoms with E-state index in [0.29, 0.717) is 5.92 Å². The van der Waals surface area contributed by atoms with Crippen LogP contribution in [0.2, 0.25) is 0 Å². The summed E-state index contributed by atoms with van der Waals surface area (Å²) in [6.45, 7) is 3.01. The van der Waals surface area contributed by atoms with Gasteiger partial charge >= 0.3 is 0 Å². The molecule has 0 amide bonds. The summed E-state index contributed by atoms with van der Waals surface area (Å²) >= 11 is 0. The normalized spacial score (nSPS) is 31.6. The molecule has 4 nitrogen and oxygen atoms in total. The lowest BCUT2D eigenvalue weighted by molar-refractivity contribution is 0.159. The lowest BCUT2D eigenvalue weighted by Gasteiger charge is -2.35. The van der Waals surface area contributed by atoms with Crippen LogP contribution in [0.25, 0.3) is 0 Å². The molecule has 4 heteroatoms. The molecule has 2 bridgehead atoms. The van der Waals surface area contributed by atoms with Crippen molar-refractivity contribution in [3.8, 4) is 0 Å². The van der Waals surface area contributed by atoms with Crippen LogP contribution in [0.1, 0.15) is 44.3 Å². The average molecular weight is 246 g/mol. The zero-order valence-corrected chi connectivity index (χ0v) is 11.3. The van der Waals surface area contributed by atoms with Gasteiger partial charge in [-0.05, 0) is 45.7 Å². The summed E-state index contributed by atoms with van der Waals surface area (Å²) in [5.74, 6) is 2.56. The van der Waals surface area contributed by atoms with Crippen LogP contribution >= 0.6 is 0 Å². The number of fused-ring (bicyclic) bond motifs is 2. The predicted octanol–water partition coefficient (Wildman–Crippen LogP) is 2.25. The van der Waals surface area contributed by atoms with Crippen molar-refractivity contribution >= 4 is 5.82 Å². The number of nitrogens with zero attached hydrogens (tertiary/aromatic N) is 3. The number of hydrogen-bond donors (Lipinski definition) is 1. The minimum atomic E-state index is 0.553. The van der Waals surface area contributed by atoms with Crippen LogP contribution in [0, 0.1) is 0 Å². The molecule has 0 aliphatic carbocycles. The Hall–Kier alpha value is -1.16. The highest BCUT2D eigenvalue weighted by Gasteiger charge is 2.39. The number of anilines is 1. The first-order valence-electron chi connectivity index (χ1n) is 7.06. The van der Waals surface area contributed by atoms with E-state index < -0.39 is 0 Å². The number of piperidine rings is 1. The topological polar surface area (TPSA) is 41.1 Å². The van der Waals surface area contributed by atoms with Crippen molar-refractivity contribution in [2.45, 2.75) is 50.6 Å². The minimum Gasteiger partial charge on any atom is -0.370 e. The Balaban J connectivity index is 1.77. The molecule has 0 spiro atoms. The molecule has 0 radical (unpaired) electrons. The van der Waals surface area contributed by atoms with Crippen molar-refractivity contribution < 1.29 is 0 Å². The fraction of sp³-hybridized carbons (Fsp3) is 0.714. The second kappa shape index (κ2) is 4.84. The van der Waals surface area contributed by atoms with Crippen LogP contribution in [0.5, 0.6) is 0 Å². The van der Waals surface area contributed by atoms with E-state index in [1.165, 1.54) is 25.7 Å². The monoisotopic (exact) mass is 246 g/mol. The molecule has 2 aliphatic heterocycles. The van der Waals surface area contributed by atoms with E-state index in [1.54, 1.807) is 0 Å². The molecule has 2 aliphatic rings. The molecule has 2 fully saturated rings. The maximum atomic E-state index is 4.67. The largest absolute Gasteiger partial charge is 0.370 e. The quantitative estimate of drug-likeness (QED) is 0.888. The maximum Gasteiger partial charge on any atom is 0.133 e. The number of aromatic nitrogens is 2. The average Bonchev–Trinajstić information content (AvgIpc) is 2.63. The van der Waals surface area contributed by atoms with Gasteiger partial charge in [-0.2, -0.15) is 0 Å². The van der Waals surface area contributed by atoms with E-state index in [-0.39, 0.29) is 0 Å². The highest BCUT2D eigenvalue weighted by atomic mass is 15.2. The van der Waals surface area contributed by atoms with E-state index in [1.807, 2.05) is 12.3 Å². The molecular formula is C14H22N4. The van der Waals surface area contributed by atoms with Crippen molar-refractivity contribution in [1.82, 2.24) is 14.9 Å². The maximum absolute atomic E-state index is 4.67. The standard InChI is InChI=1S/C14H22N4/c1-3-15-13-6-7-16-14(17-13)10-8-11-4-5-12(9-10)18(11)2/h6-7,10-12H,3-5,8-9H2,1-2H3,(H,15,16,17). The van der Waals surface area contributed by atoms with Gasteiger partial charge in [0, 0.05) is 30.7 Å². The molecule has 1 aromatic rings.